The second-order valence-corrected chi connectivity index (χ2v) is 9.28. The van der Waals surface area contributed by atoms with E-state index in [9.17, 15) is 13.2 Å². The Bertz CT molecular complexity index is 1110. The number of hydrogen-bond acceptors (Lipinski definition) is 4. The molecule has 3 aromatic rings. The van der Waals surface area contributed by atoms with E-state index in [-0.39, 0.29) is 23.4 Å². The Hall–Kier alpha value is -3.16. The van der Waals surface area contributed by atoms with Gasteiger partial charge in [0.1, 0.15) is 5.75 Å². The molecule has 0 heterocycles. The summed E-state index contributed by atoms with van der Waals surface area (Å²) in [4.78, 5) is 12.5. The number of ether oxygens (including phenoxy) is 1. The van der Waals surface area contributed by atoms with Crippen LogP contribution in [0.25, 0.3) is 0 Å². The first-order valence-electron chi connectivity index (χ1n) is 10.4. The summed E-state index contributed by atoms with van der Waals surface area (Å²) < 4.78 is 32.7. The van der Waals surface area contributed by atoms with E-state index in [2.05, 4.69) is 10.0 Å². The summed E-state index contributed by atoms with van der Waals surface area (Å²) in [5.74, 6) is 0.711. The minimum atomic E-state index is -3.60. The molecule has 0 aliphatic carbocycles. The molecular weight excluding hydrogens is 424 g/mol. The van der Waals surface area contributed by atoms with Crippen LogP contribution in [0.5, 0.6) is 5.75 Å². The predicted octanol–water partition coefficient (Wildman–Crippen LogP) is 3.98. The maximum atomic E-state index is 12.5. The Balaban J connectivity index is 1.49. The van der Waals surface area contributed by atoms with E-state index in [1.807, 2.05) is 61.5 Å². The third-order valence-electron chi connectivity index (χ3n) is 5.18. The molecule has 1 atom stereocenters. The van der Waals surface area contributed by atoms with E-state index in [0.29, 0.717) is 12.8 Å². The Kier molecular flexibility index (Phi) is 8.03. The van der Waals surface area contributed by atoms with Gasteiger partial charge in [-0.1, -0.05) is 54.6 Å². The molecule has 3 rings (SSSR count). The normalized spacial score (nSPS) is 12.2. The van der Waals surface area contributed by atoms with Crippen LogP contribution in [0.15, 0.2) is 83.8 Å². The van der Waals surface area contributed by atoms with Crippen molar-refractivity contribution in [3.8, 4) is 5.75 Å². The molecule has 0 aromatic heterocycles. The van der Waals surface area contributed by atoms with Gasteiger partial charge in [0.2, 0.25) is 15.9 Å². The Morgan fingerprint density at radius 1 is 0.906 bits per heavy atom. The topological polar surface area (TPSA) is 84.5 Å². The lowest BCUT2D eigenvalue weighted by Gasteiger charge is -2.15. The van der Waals surface area contributed by atoms with Crippen molar-refractivity contribution in [3.05, 3.63) is 95.6 Å². The van der Waals surface area contributed by atoms with Gasteiger partial charge in [0.25, 0.3) is 0 Å². The molecule has 7 heteroatoms. The zero-order valence-electron chi connectivity index (χ0n) is 18.2. The van der Waals surface area contributed by atoms with Crippen molar-refractivity contribution in [1.29, 1.82) is 0 Å². The minimum absolute atomic E-state index is 0.0606. The number of hydrogen-bond donors (Lipinski definition) is 2. The van der Waals surface area contributed by atoms with Crippen LogP contribution < -0.4 is 14.8 Å². The van der Waals surface area contributed by atoms with Gasteiger partial charge in [-0.2, -0.15) is 0 Å². The highest BCUT2D eigenvalue weighted by atomic mass is 32.2. The zero-order valence-corrected chi connectivity index (χ0v) is 19.1. The van der Waals surface area contributed by atoms with E-state index in [1.54, 1.807) is 31.4 Å². The molecule has 3 aromatic carbocycles. The summed E-state index contributed by atoms with van der Waals surface area (Å²) in [6, 6.07) is 23.5. The van der Waals surface area contributed by atoms with Gasteiger partial charge >= 0.3 is 0 Å². The number of carbonyl (C=O) groups excluding carboxylic acids is 1. The van der Waals surface area contributed by atoms with Gasteiger partial charge in [-0.05, 0) is 54.3 Å². The van der Waals surface area contributed by atoms with Crippen molar-refractivity contribution in [2.75, 3.05) is 7.11 Å². The number of rotatable bonds is 10. The summed E-state index contributed by atoms with van der Waals surface area (Å²) in [6.07, 6.45) is 0.845. The SMILES string of the molecule is COc1ccc(C(C)NC(=O)CCc2ccc(S(=O)(=O)NCc3ccccc3)cc2)cc1. The quantitative estimate of drug-likeness (QED) is 0.487. The predicted molar refractivity (Wildman–Crippen MR) is 125 cm³/mol. The number of nitrogens with one attached hydrogen (secondary N) is 2. The molecule has 0 spiro atoms. The molecule has 1 amide bonds. The standard InChI is InChI=1S/C25H28N2O4S/c1-19(22-11-13-23(31-2)14-12-22)27-25(28)17-10-20-8-15-24(16-9-20)32(29,30)26-18-21-6-4-3-5-7-21/h3-9,11-16,19,26H,10,17-18H2,1-2H3,(H,27,28). The van der Waals surface area contributed by atoms with Gasteiger partial charge in [-0.25, -0.2) is 13.1 Å². The highest BCUT2D eigenvalue weighted by Gasteiger charge is 2.14. The van der Waals surface area contributed by atoms with Gasteiger partial charge in [-0.3, -0.25) is 4.79 Å². The average molecular weight is 453 g/mol. The number of aryl methyl sites for hydroxylation is 1. The summed E-state index contributed by atoms with van der Waals surface area (Å²) in [5, 5.41) is 2.99. The third kappa shape index (κ3) is 6.67. The Morgan fingerprint density at radius 3 is 2.19 bits per heavy atom. The van der Waals surface area contributed by atoms with Crippen molar-refractivity contribution in [1.82, 2.24) is 10.0 Å². The van der Waals surface area contributed by atoms with Crippen LogP contribution in [0.4, 0.5) is 0 Å². The van der Waals surface area contributed by atoms with E-state index in [4.69, 9.17) is 4.74 Å². The first-order chi connectivity index (χ1) is 15.4. The lowest BCUT2D eigenvalue weighted by molar-refractivity contribution is -0.121. The van der Waals surface area contributed by atoms with Crippen LogP contribution >= 0.6 is 0 Å². The maximum Gasteiger partial charge on any atom is 0.240 e. The Morgan fingerprint density at radius 2 is 1.56 bits per heavy atom. The molecule has 0 fully saturated rings. The molecule has 1 unspecified atom stereocenters. The van der Waals surface area contributed by atoms with Crippen molar-refractivity contribution >= 4 is 15.9 Å². The maximum absolute atomic E-state index is 12.5. The summed E-state index contributed by atoms with van der Waals surface area (Å²) >= 11 is 0. The van der Waals surface area contributed by atoms with E-state index < -0.39 is 10.0 Å². The molecule has 0 bridgehead atoms. The number of benzene rings is 3. The molecule has 0 aliphatic heterocycles. The lowest BCUT2D eigenvalue weighted by Crippen LogP contribution is -2.26. The number of methoxy groups -OCH3 is 1. The molecule has 32 heavy (non-hydrogen) atoms. The smallest absolute Gasteiger partial charge is 0.240 e. The van der Waals surface area contributed by atoms with Gasteiger partial charge in [0.05, 0.1) is 18.0 Å². The number of sulfonamides is 1. The first kappa shape index (κ1) is 23.5. The largest absolute Gasteiger partial charge is 0.497 e. The fourth-order valence-electron chi connectivity index (χ4n) is 3.24. The summed E-state index contributed by atoms with van der Waals surface area (Å²) in [6.45, 7) is 2.17. The monoisotopic (exact) mass is 452 g/mol. The third-order valence-corrected chi connectivity index (χ3v) is 6.59. The van der Waals surface area contributed by atoms with Gasteiger partial charge < -0.3 is 10.1 Å². The first-order valence-corrected chi connectivity index (χ1v) is 11.9. The van der Waals surface area contributed by atoms with Gasteiger partial charge in [-0.15, -0.1) is 0 Å². The number of carbonyl (C=O) groups is 1. The molecule has 2 N–H and O–H groups in total. The molecular formula is C25H28N2O4S. The Labute approximate surface area is 189 Å². The average Bonchev–Trinajstić information content (AvgIpc) is 2.82. The van der Waals surface area contributed by atoms with Crippen LogP contribution in [0.1, 0.15) is 36.1 Å². The van der Waals surface area contributed by atoms with Crippen molar-refractivity contribution in [3.63, 3.8) is 0 Å². The zero-order chi connectivity index (χ0) is 23.0. The minimum Gasteiger partial charge on any atom is -0.497 e. The fourth-order valence-corrected chi connectivity index (χ4v) is 4.26. The van der Waals surface area contributed by atoms with Crippen LogP contribution in [0.2, 0.25) is 0 Å². The number of amides is 1. The summed E-state index contributed by atoms with van der Waals surface area (Å²) in [7, 11) is -1.98. The molecule has 6 nitrogen and oxygen atoms in total. The molecule has 0 radical (unpaired) electrons. The molecule has 0 aliphatic rings. The second-order valence-electron chi connectivity index (χ2n) is 7.52. The van der Waals surface area contributed by atoms with E-state index in [1.165, 1.54) is 0 Å². The van der Waals surface area contributed by atoms with Crippen molar-refractivity contribution in [2.45, 2.75) is 37.2 Å². The highest BCUT2D eigenvalue weighted by Crippen LogP contribution is 2.18. The van der Waals surface area contributed by atoms with Crippen LogP contribution in [0.3, 0.4) is 0 Å². The van der Waals surface area contributed by atoms with Crippen LogP contribution in [-0.2, 0) is 27.8 Å². The van der Waals surface area contributed by atoms with Gasteiger partial charge in [0, 0.05) is 13.0 Å². The van der Waals surface area contributed by atoms with Crippen molar-refractivity contribution < 1.29 is 17.9 Å². The highest BCUT2D eigenvalue weighted by molar-refractivity contribution is 7.89. The lowest BCUT2D eigenvalue weighted by atomic mass is 10.1. The fraction of sp³-hybridized carbons (Fsp3) is 0.240. The van der Waals surface area contributed by atoms with Gasteiger partial charge in [0.15, 0.2) is 0 Å². The molecule has 168 valence electrons. The second kappa shape index (κ2) is 10.9. The van der Waals surface area contributed by atoms with Crippen molar-refractivity contribution in [2.24, 2.45) is 0 Å². The van der Waals surface area contributed by atoms with Crippen LogP contribution in [0, 0.1) is 0 Å². The van der Waals surface area contributed by atoms with E-state index >= 15 is 0 Å². The van der Waals surface area contributed by atoms with E-state index in [0.717, 1.165) is 22.4 Å². The molecule has 0 saturated carbocycles. The molecule has 0 saturated heterocycles. The van der Waals surface area contributed by atoms with Crippen LogP contribution in [-0.4, -0.2) is 21.4 Å². The summed E-state index contributed by atoms with van der Waals surface area (Å²) in [5.41, 5.74) is 2.79.